The minimum atomic E-state index is -1.05. The monoisotopic (exact) mass is 405 g/mol. The van der Waals surface area contributed by atoms with E-state index in [9.17, 15) is 9.59 Å². The first-order chi connectivity index (χ1) is 14.6. The van der Waals surface area contributed by atoms with Crippen LogP contribution in [0.1, 0.15) is 31.1 Å². The lowest BCUT2D eigenvalue weighted by atomic mass is 9.85. The van der Waals surface area contributed by atoms with Gasteiger partial charge in [0, 0.05) is 11.6 Å². The van der Waals surface area contributed by atoms with Gasteiger partial charge in [0.1, 0.15) is 17.0 Å². The van der Waals surface area contributed by atoms with E-state index in [1.54, 1.807) is 13.2 Å². The Kier molecular flexibility index (Phi) is 5.27. The van der Waals surface area contributed by atoms with Crippen molar-refractivity contribution < 1.29 is 18.8 Å². The topological polar surface area (TPSA) is 84.7 Å². The molecule has 3 aromatic rings. The van der Waals surface area contributed by atoms with Crippen molar-refractivity contribution in [2.45, 2.75) is 31.8 Å². The average Bonchev–Trinajstić information content (AvgIpc) is 3.34. The fourth-order valence-electron chi connectivity index (χ4n) is 3.82. The Morgan fingerprint density at radius 3 is 2.50 bits per heavy atom. The number of ether oxygens (including phenoxy) is 1. The molecule has 4 rings (SSSR count). The molecule has 3 amide bonds. The second-order valence-corrected chi connectivity index (χ2v) is 7.25. The number of urea groups is 1. The number of aromatic nitrogens is 1. The van der Waals surface area contributed by atoms with Crippen molar-refractivity contribution in [2.24, 2.45) is 0 Å². The van der Waals surface area contributed by atoms with Crippen LogP contribution in [0.2, 0.25) is 0 Å². The molecule has 0 spiro atoms. The third kappa shape index (κ3) is 3.43. The van der Waals surface area contributed by atoms with Crippen LogP contribution in [0.15, 0.2) is 65.2 Å². The molecule has 1 atom stereocenters. The molecule has 0 aliphatic carbocycles. The van der Waals surface area contributed by atoms with Crippen molar-refractivity contribution in [2.75, 3.05) is 7.11 Å². The van der Waals surface area contributed by atoms with Crippen molar-refractivity contribution in [3.05, 3.63) is 72.0 Å². The molecule has 7 nitrogen and oxygen atoms in total. The molecule has 154 valence electrons. The van der Waals surface area contributed by atoms with Crippen molar-refractivity contribution in [1.82, 2.24) is 15.4 Å². The van der Waals surface area contributed by atoms with Crippen LogP contribution < -0.4 is 10.1 Å². The maximum Gasteiger partial charge on any atom is 0.325 e. The molecule has 2 aromatic carbocycles. The first-order valence-electron chi connectivity index (χ1n) is 9.87. The van der Waals surface area contributed by atoms with Gasteiger partial charge in [-0.15, -0.1) is 0 Å². The van der Waals surface area contributed by atoms with Gasteiger partial charge in [0.15, 0.2) is 5.76 Å². The molecule has 30 heavy (non-hydrogen) atoms. The Morgan fingerprint density at radius 2 is 1.83 bits per heavy atom. The lowest BCUT2D eigenvalue weighted by Gasteiger charge is -2.26. The van der Waals surface area contributed by atoms with Crippen LogP contribution in [0, 0.1) is 0 Å². The van der Waals surface area contributed by atoms with Gasteiger partial charge >= 0.3 is 6.03 Å². The summed E-state index contributed by atoms with van der Waals surface area (Å²) in [5, 5.41) is 7.00. The first kappa shape index (κ1) is 19.7. The third-order valence-corrected chi connectivity index (χ3v) is 5.33. The van der Waals surface area contributed by atoms with E-state index in [0.29, 0.717) is 17.9 Å². The standard InChI is InChI=1S/C23H23N3O4/c1-3-13-23(17-7-5-4-6-8-17)21(27)26(22(28)24-23)15-19-14-20(25-30-19)16-9-11-18(29-2)12-10-16/h4-12,14H,3,13,15H2,1-2H3,(H,24,28). The number of amides is 3. The van der Waals surface area contributed by atoms with Gasteiger partial charge < -0.3 is 14.6 Å². The third-order valence-electron chi connectivity index (χ3n) is 5.33. The summed E-state index contributed by atoms with van der Waals surface area (Å²) in [6, 6.07) is 18.1. The Balaban J connectivity index is 1.57. The minimum absolute atomic E-state index is 0.0200. The predicted molar refractivity (Wildman–Crippen MR) is 111 cm³/mol. The van der Waals surface area contributed by atoms with Gasteiger partial charge in [-0.25, -0.2) is 4.79 Å². The molecular formula is C23H23N3O4. The molecular weight excluding hydrogens is 382 g/mol. The highest BCUT2D eigenvalue weighted by Crippen LogP contribution is 2.34. The van der Waals surface area contributed by atoms with Crippen LogP contribution in [0.25, 0.3) is 11.3 Å². The number of nitrogens with one attached hydrogen (secondary N) is 1. The molecule has 1 fully saturated rings. The summed E-state index contributed by atoms with van der Waals surface area (Å²) in [4.78, 5) is 27.3. The molecule has 1 saturated heterocycles. The highest BCUT2D eigenvalue weighted by Gasteiger charge is 2.51. The van der Waals surface area contributed by atoms with E-state index < -0.39 is 11.6 Å². The zero-order valence-corrected chi connectivity index (χ0v) is 16.9. The van der Waals surface area contributed by atoms with E-state index in [1.165, 1.54) is 4.90 Å². The normalized spacial score (nSPS) is 18.5. The molecule has 0 bridgehead atoms. The van der Waals surface area contributed by atoms with E-state index in [2.05, 4.69) is 10.5 Å². The summed E-state index contributed by atoms with van der Waals surface area (Å²) < 4.78 is 10.6. The fraction of sp³-hybridized carbons (Fsp3) is 0.261. The van der Waals surface area contributed by atoms with E-state index >= 15 is 0 Å². The van der Waals surface area contributed by atoms with Crippen LogP contribution in [-0.2, 0) is 16.9 Å². The van der Waals surface area contributed by atoms with Gasteiger partial charge in [-0.05, 0) is 36.2 Å². The highest BCUT2D eigenvalue weighted by molar-refractivity contribution is 6.07. The molecule has 1 aliphatic heterocycles. The molecule has 2 heterocycles. The Morgan fingerprint density at radius 1 is 1.10 bits per heavy atom. The second-order valence-electron chi connectivity index (χ2n) is 7.25. The largest absolute Gasteiger partial charge is 0.497 e. The second kappa shape index (κ2) is 8.02. The summed E-state index contributed by atoms with van der Waals surface area (Å²) in [5.41, 5.74) is 1.21. The van der Waals surface area contributed by atoms with Crippen LogP contribution in [0.4, 0.5) is 4.79 Å². The number of benzene rings is 2. The van der Waals surface area contributed by atoms with Crippen LogP contribution >= 0.6 is 0 Å². The lowest BCUT2D eigenvalue weighted by Crippen LogP contribution is -2.43. The zero-order chi connectivity index (χ0) is 21.1. The molecule has 0 radical (unpaired) electrons. The molecule has 1 N–H and O–H groups in total. The number of nitrogens with zero attached hydrogens (tertiary/aromatic N) is 2. The van der Waals surface area contributed by atoms with Crippen molar-refractivity contribution in [3.63, 3.8) is 0 Å². The van der Waals surface area contributed by atoms with Gasteiger partial charge in [0.05, 0.1) is 13.7 Å². The Hall–Kier alpha value is -3.61. The number of hydrogen-bond donors (Lipinski definition) is 1. The number of hydrogen-bond acceptors (Lipinski definition) is 5. The van der Waals surface area contributed by atoms with Gasteiger partial charge in [-0.1, -0.05) is 48.8 Å². The molecule has 1 aromatic heterocycles. The van der Waals surface area contributed by atoms with Crippen LogP contribution in [0.3, 0.4) is 0 Å². The number of imide groups is 1. The van der Waals surface area contributed by atoms with E-state index in [4.69, 9.17) is 9.26 Å². The molecule has 0 saturated carbocycles. The quantitative estimate of drug-likeness (QED) is 0.598. The highest BCUT2D eigenvalue weighted by atomic mass is 16.5. The van der Waals surface area contributed by atoms with Crippen LogP contribution in [-0.4, -0.2) is 29.1 Å². The van der Waals surface area contributed by atoms with Crippen molar-refractivity contribution in [3.8, 4) is 17.0 Å². The number of rotatable bonds is 7. The van der Waals surface area contributed by atoms with E-state index in [-0.39, 0.29) is 12.5 Å². The minimum Gasteiger partial charge on any atom is -0.497 e. The number of carbonyl (C=O) groups is 2. The Labute approximate surface area is 174 Å². The molecule has 1 aliphatic rings. The van der Waals surface area contributed by atoms with Crippen molar-refractivity contribution in [1.29, 1.82) is 0 Å². The smallest absolute Gasteiger partial charge is 0.325 e. The van der Waals surface area contributed by atoms with Gasteiger partial charge in [-0.2, -0.15) is 0 Å². The lowest BCUT2D eigenvalue weighted by molar-refractivity contribution is -0.132. The summed E-state index contributed by atoms with van der Waals surface area (Å²) in [5.74, 6) is 0.905. The van der Waals surface area contributed by atoms with Crippen LogP contribution in [0.5, 0.6) is 5.75 Å². The number of methoxy groups -OCH3 is 1. The summed E-state index contributed by atoms with van der Waals surface area (Å²) in [6.45, 7) is 2.01. The molecule has 7 heteroatoms. The average molecular weight is 405 g/mol. The number of carbonyl (C=O) groups excluding carboxylic acids is 2. The van der Waals surface area contributed by atoms with Gasteiger partial charge in [0.25, 0.3) is 5.91 Å². The maximum atomic E-state index is 13.3. The van der Waals surface area contributed by atoms with Gasteiger partial charge in [-0.3, -0.25) is 9.69 Å². The SMILES string of the molecule is CCCC1(c2ccccc2)NC(=O)N(Cc2cc(-c3ccc(OC)cc3)no2)C1=O. The summed E-state index contributed by atoms with van der Waals surface area (Å²) in [7, 11) is 1.61. The van der Waals surface area contributed by atoms with Crippen molar-refractivity contribution >= 4 is 11.9 Å². The van der Waals surface area contributed by atoms with E-state index in [0.717, 1.165) is 23.3 Å². The first-order valence-corrected chi connectivity index (χ1v) is 9.87. The predicted octanol–water partition coefficient (Wildman–Crippen LogP) is 4.10. The van der Waals surface area contributed by atoms with Gasteiger partial charge in [0.2, 0.25) is 0 Å². The molecule has 1 unspecified atom stereocenters. The summed E-state index contributed by atoms with van der Waals surface area (Å²) in [6.07, 6.45) is 1.27. The maximum absolute atomic E-state index is 13.3. The fourth-order valence-corrected chi connectivity index (χ4v) is 3.82. The Bertz CT molecular complexity index is 1050. The zero-order valence-electron chi connectivity index (χ0n) is 16.9. The van der Waals surface area contributed by atoms with E-state index in [1.807, 2.05) is 61.5 Å². The summed E-state index contributed by atoms with van der Waals surface area (Å²) >= 11 is 0.